The molecule has 1 aliphatic heterocycles. The minimum Gasteiger partial charge on any atom is -0.394 e. The van der Waals surface area contributed by atoms with Crippen LogP contribution in [0.25, 0.3) is 0 Å². The van der Waals surface area contributed by atoms with Crippen molar-refractivity contribution in [3.05, 3.63) is 0 Å². The summed E-state index contributed by atoms with van der Waals surface area (Å²) in [5.74, 6) is 0.471. The van der Waals surface area contributed by atoms with Gasteiger partial charge in [0.05, 0.1) is 12.6 Å². The van der Waals surface area contributed by atoms with E-state index < -0.39 is 0 Å². The summed E-state index contributed by atoms with van der Waals surface area (Å²) in [6.07, 6.45) is 9.00. The first-order chi connectivity index (χ1) is 9.06. The van der Waals surface area contributed by atoms with Gasteiger partial charge in [-0.05, 0) is 31.1 Å². The molecule has 1 N–H and O–H groups in total. The molecule has 3 nitrogen and oxygen atoms in total. The molecular formula is C16H29NO2. The molecule has 3 heteroatoms. The van der Waals surface area contributed by atoms with E-state index in [0.717, 1.165) is 38.6 Å². The molecule has 2 rings (SSSR count). The summed E-state index contributed by atoms with van der Waals surface area (Å²) in [6.45, 7) is 5.44. The summed E-state index contributed by atoms with van der Waals surface area (Å²) >= 11 is 0. The first-order valence-corrected chi connectivity index (χ1v) is 7.97. The van der Waals surface area contributed by atoms with Crippen molar-refractivity contribution in [3.63, 3.8) is 0 Å². The third-order valence-electron chi connectivity index (χ3n) is 5.18. The first-order valence-electron chi connectivity index (χ1n) is 7.97. The minimum absolute atomic E-state index is 0.0627. The molecule has 0 aromatic carbocycles. The smallest absolute Gasteiger partial charge is 0.226 e. The summed E-state index contributed by atoms with van der Waals surface area (Å²) in [5.41, 5.74) is 0.127. The minimum atomic E-state index is 0.0627. The predicted octanol–water partition coefficient (Wildman–Crippen LogP) is 2.97. The van der Waals surface area contributed by atoms with Crippen LogP contribution in [0.2, 0.25) is 0 Å². The maximum atomic E-state index is 12.9. The van der Waals surface area contributed by atoms with Gasteiger partial charge < -0.3 is 10.0 Å². The van der Waals surface area contributed by atoms with E-state index in [1.54, 1.807) is 0 Å². The zero-order chi connectivity index (χ0) is 13.9. The van der Waals surface area contributed by atoms with Gasteiger partial charge in [-0.25, -0.2) is 0 Å². The van der Waals surface area contributed by atoms with Gasteiger partial charge in [-0.15, -0.1) is 0 Å². The molecule has 19 heavy (non-hydrogen) atoms. The number of amides is 1. The Kier molecular flexibility index (Phi) is 4.88. The number of carbonyl (C=O) groups excluding carboxylic acids is 1. The summed E-state index contributed by atoms with van der Waals surface area (Å²) in [6, 6.07) is 0.0627. The molecule has 0 aromatic heterocycles. The van der Waals surface area contributed by atoms with Crippen LogP contribution >= 0.6 is 0 Å². The molecule has 1 heterocycles. The van der Waals surface area contributed by atoms with E-state index in [0.29, 0.717) is 5.91 Å². The Bertz CT molecular complexity index is 314. The molecule has 2 fully saturated rings. The number of nitrogens with zero attached hydrogens (tertiary/aromatic N) is 1. The first kappa shape index (κ1) is 14.8. The highest BCUT2D eigenvalue weighted by atomic mass is 16.3. The zero-order valence-electron chi connectivity index (χ0n) is 12.5. The second kappa shape index (κ2) is 6.25. The van der Waals surface area contributed by atoms with Crippen molar-refractivity contribution < 1.29 is 9.90 Å². The molecule has 1 saturated heterocycles. The van der Waals surface area contributed by atoms with E-state index in [1.807, 2.05) is 4.90 Å². The molecule has 0 spiro atoms. The Morgan fingerprint density at radius 2 is 1.89 bits per heavy atom. The van der Waals surface area contributed by atoms with Crippen molar-refractivity contribution in [2.75, 3.05) is 13.2 Å². The highest BCUT2D eigenvalue weighted by molar-refractivity contribution is 5.80. The Morgan fingerprint density at radius 3 is 2.58 bits per heavy atom. The van der Waals surface area contributed by atoms with Gasteiger partial charge in [0.15, 0.2) is 0 Å². The summed E-state index contributed by atoms with van der Waals surface area (Å²) in [4.78, 5) is 14.9. The molecule has 110 valence electrons. The van der Waals surface area contributed by atoms with Crippen molar-refractivity contribution in [1.82, 2.24) is 4.90 Å². The number of hydrogen-bond donors (Lipinski definition) is 1. The maximum absolute atomic E-state index is 12.9. The molecule has 2 unspecified atom stereocenters. The van der Waals surface area contributed by atoms with E-state index in [4.69, 9.17) is 0 Å². The van der Waals surface area contributed by atoms with E-state index in [2.05, 4.69) is 13.8 Å². The van der Waals surface area contributed by atoms with E-state index >= 15 is 0 Å². The van der Waals surface area contributed by atoms with Crippen molar-refractivity contribution in [2.24, 2.45) is 11.3 Å². The van der Waals surface area contributed by atoms with Gasteiger partial charge >= 0.3 is 0 Å². The highest BCUT2D eigenvalue weighted by Gasteiger charge is 2.40. The molecule has 1 amide bonds. The number of likely N-dealkylation sites (tertiary alicyclic amines) is 1. The van der Waals surface area contributed by atoms with Crippen LogP contribution < -0.4 is 0 Å². The van der Waals surface area contributed by atoms with Gasteiger partial charge in [0.1, 0.15) is 0 Å². The quantitative estimate of drug-likeness (QED) is 0.835. The van der Waals surface area contributed by atoms with Crippen LogP contribution in [0.3, 0.4) is 0 Å². The lowest BCUT2D eigenvalue weighted by molar-refractivity contribution is -0.144. The van der Waals surface area contributed by atoms with Crippen LogP contribution in [-0.4, -0.2) is 35.1 Å². The summed E-state index contributed by atoms with van der Waals surface area (Å²) in [5, 5.41) is 9.57. The van der Waals surface area contributed by atoms with Crippen molar-refractivity contribution in [1.29, 1.82) is 0 Å². The van der Waals surface area contributed by atoms with Crippen LogP contribution in [0, 0.1) is 11.3 Å². The van der Waals surface area contributed by atoms with Gasteiger partial charge in [0.25, 0.3) is 0 Å². The molecular weight excluding hydrogens is 238 g/mol. The number of aliphatic hydroxyl groups is 1. The topological polar surface area (TPSA) is 40.5 Å². The fourth-order valence-electron chi connectivity index (χ4n) is 3.81. The van der Waals surface area contributed by atoms with Crippen molar-refractivity contribution in [3.8, 4) is 0 Å². The van der Waals surface area contributed by atoms with Gasteiger partial charge in [0, 0.05) is 12.5 Å². The fourth-order valence-corrected chi connectivity index (χ4v) is 3.81. The molecule has 1 saturated carbocycles. The van der Waals surface area contributed by atoms with Crippen molar-refractivity contribution in [2.45, 2.75) is 71.3 Å². The van der Waals surface area contributed by atoms with E-state index in [9.17, 15) is 9.90 Å². The Hall–Kier alpha value is -0.570. The monoisotopic (exact) mass is 267 g/mol. The lowest BCUT2D eigenvalue weighted by Gasteiger charge is -2.41. The van der Waals surface area contributed by atoms with E-state index in [-0.39, 0.29) is 24.0 Å². The van der Waals surface area contributed by atoms with Crippen LogP contribution in [-0.2, 0) is 4.79 Å². The third kappa shape index (κ3) is 3.31. The van der Waals surface area contributed by atoms with Crippen LogP contribution in [0.1, 0.15) is 65.2 Å². The molecule has 0 bridgehead atoms. The second-order valence-corrected chi connectivity index (χ2v) is 7.00. The Labute approximate surface area is 117 Å². The summed E-state index contributed by atoms with van der Waals surface area (Å²) < 4.78 is 0. The van der Waals surface area contributed by atoms with Crippen LogP contribution in [0.5, 0.6) is 0 Å². The predicted molar refractivity (Wildman–Crippen MR) is 76.8 cm³/mol. The molecule has 2 aliphatic rings. The molecule has 0 aromatic rings. The average molecular weight is 267 g/mol. The maximum Gasteiger partial charge on any atom is 0.226 e. The average Bonchev–Trinajstić information content (AvgIpc) is 2.62. The standard InChI is InChI=1S/C16H29NO2/c1-16(2)10-6-5-9-14(16)15(19)17-11-7-3-4-8-13(17)12-18/h13-14,18H,3-12H2,1-2H3. The number of hydrogen-bond acceptors (Lipinski definition) is 2. The van der Waals surface area contributed by atoms with Gasteiger partial charge in [0.2, 0.25) is 5.91 Å². The zero-order valence-corrected chi connectivity index (χ0v) is 12.5. The van der Waals surface area contributed by atoms with Crippen molar-refractivity contribution >= 4 is 5.91 Å². The van der Waals surface area contributed by atoms with Gasteiger partial charge in [-0.1, -0.05) is 39.5 Å². The molecule has 0 radical (unpaired) electrons. The fraction of sp³-hybridized carbons (Fsp3) is 0.938. The van der Waals surface area contributed by atoms with Gasteiger partial charge in [-0.3, -0.25) is 4.79 Å². The second-order valence-electron chi connectivity index (χ2n) is 7.00. The lowest BCUT2D eigenvalue weighted by Crippen LogP contribution is -2.49. The molecule has 2 atom stereocenters. The third-order valence-corrected chi connectivity index (χ3v) is 5.18. The normalized spacial score (nSPS) is 31.8. The number of aliphatic hydroxyl groups excluding tert-OH is 1. The van der Waals surface area contributed by atoms with Crippen LogP contribution in [0.15, 0.2) is 0 Å². The number of rotatable bonds is 2. The highest BCUT2D eigenvalue weighted by Crippen LogP contribution is 2.42. The van der Waals surface area contributed by atoms with Crippen LogP contribution in [0.4, 0.5) is 0 Å². The summed E-state index contributed by atoms with van der Waals surface area (Å²) in [7, 11) is 0. The number of carbonyl (C=O) groups is 1. The molecule has 1 aliphatic carbocycles. The SMILES string of the molecule is CC1(C)CCCCC1C(=O)N1CCCCCC1CO. The van der Waals surface area contributed by atoms with E-state index in [1.165, 1.54) is 19.3 Å². The largest absolute Gasteiger partial charge is 0.394 e. The lowest BCUT2D eigenvalue weighted by atomic mass is 9.68. The van der Waals surface area contributed by atoms with Gasteiger partial charge in [-0.2, -0.15) is 0 Å². The Balaban J connectivity index is 2.11. The Morgan fingerprint density at radius 1 is 1.16 bits per heavy atom.